The molecule has 0 amide bonds. The highest BCUT2D eigenvalue weighted by Crippen LogP contribution is 2.09. The third-order valence-corrected chi connectivity index (χ3v) is 1.92. The Hall–Kier alpha value is -2.22. The lowest BCUT2D eigenvalue weighted by Gasteiger charge is -1.98. The van der Waals surface area contributed by atoms with Crippen molar-refractivity contribution in [3.8, 4) is 11.8 Å². The molecule has 74 valence electrons. The van der Waals surface area contributed by atoms with Gasteiger partial charge in [0.1, 0.15) is 12.4 Å². The first-order valence-corrected chi connectivity index (χ1v) is 4.31. The van der Waals surface area contributed by atoms with E-state index in [1.54, 1.807) is 24.3 Å². The van der Waals surface area contributed by atoms with Crippen LogP contribution in [0.4, 0.5) is 4.39 Å². The molecule has 0 saturated carbocycles. The Labute approximate surface area is 85.6 Å². The predicted molar refractivity (Wildman–Crippen MR) is 50.9 cm³/mol. The molecule has 0 unspecified atom stereocenters. The number of halogens is 1. The van der Waals surface area contributed by atoms with Crippen molar-refractivity contribution in [3.63, 3.8) is 0 Å². The molecule has 0 N–H and O–H groups in total. The van der Waals surface area contributed by atoms with Crippen molar-refractivity contribution in [2.24, 2.45) is 0 Å². The third-order valence-electron chi connectivity index (χ3n) is 1.92. The summed E-state index contributed by atoms with van der Waals surface area (Å²) in [5.41, 5.74) is 1.50. The summed E-state index contributed by atoms with van der Waals surface area (Å²) in [5, 5.41) is 16.1. The van der Waals surface area contributed by atoms with E-state index in [0.717, 1.165) is 0 Å². The molecule has 0 aliphatic carbocycles. The van der Waals surface area contributed by atoms with E-state index in [0.29, 0.717) is 11.3 Å². The van der Waals surface area contributed by atoms with Gasteiger partial charge in [-0.3, -0.25) is 0 Å². The summed E-state index contributed by atoms with van der Waals surface area (Å²) in [6.45, 7) is -0.641. The summed E-state index contributed by atoms with van der Waals surface area (Å²) in [7, 11) is 0. The maximum atomic E-state index is 12.2. The van der Waals surface area contributed by atoms with Gasteiger partial charge in [-0.15, -0.1) is 5.10 Å². The highest BCUT2D eigenvalue weighted by atomic mass is 19.1. The first-order chi connectivity index (χ1) is 7.33. The Morgan fingerprint density at radius 1 is 1.47 bits per heavy atom. The van der Waals surface area contributed by atoms with Crippen molar-refractivity contribution < 1.29 is 4.39 Å². The molecule has 0 bridgehead atoms. The molecule has 2 aromatic rings. The Morgan fingerprint density at radius 3 is 3.00 bits per heavy atom. The SMILES string of the molecule is N#Cc1cccc(-n2cc(CF)nn2)c1. The molecule has 0 aliphatic rings. The third kappa shape index (κ3) is 1.83. The number of aromatic nitrogens is 3. The zero-order valence-corrected chi connectivity index (χ0v) is 7.76. The molecular formula is C10H7FN4. The first kappa shape index (κ1) is 9.34. The minimum atomic E-state index is -0.641. The number of alkyl halides is 1. The summed E-state index contributed by atoms with van der Waals surface area (Å²) in [4.78, 5) is 0. The van der Waals surface area contributed by atoms with E-state index in [2.05, 4.69) is 10.3 Å². The van der Waals surface area contributed by atoms with Crippen molar-refractivity contribution in [2.45, 2.75) is 6.67 Å². The van der Waals surface area contributed by atoms with Crippen LogP contribution in [-0.4, -0.2) is 15.0 Å². The van der Waals surface area contributed by atoms with Crippen LogP contribution in [0.5, 0.6) is 0 Å². The second-order valence-corrected chi connectivity index (χ2v) is 2.95. The molecule has 1 heterocycles. The van der Waals surface area contributed by atoms with Crippen LogP contribution < -0.4 is 0 Å². The molecular weight excluding hydrogens is 195 g/mol. The van der Waals surface area contributed by atoms with E-state index in [4.69, 9.17) is 5.26 Å². The number of hydrogen-bond donors (Lipinski definition) is 0. The highest BCUT2D eigenvalue weighted by molar-refractivity contribution is 5.40. The molecule has 1 aromatic carbocycles. The van der Waals surface area contributed by atoms with Gasteiger partial charge in [-0.1, -0.05) is 11.3 Å². The fourth-order valence-corrected chi connectivity index (χ4v) is 1.20. The number of hydrogen-bond acceptors (Lipinski definition) is 3. The summed E-state index contributed by atoms with van der Waals surface area (Å²) >= 11 is 0. The molecule has 15 heavy (non-hydrogen) atoms. The Morgan fingerprint density at radius 2 is 2.33 bits per heavy atom. The zero-order chi connectivity index (χ0) is 10.7. The van der Waals surface area contributed by atoms with Gasteiger partial charge in [0.15, 0.2) is 0 Å². The van der Waals surface area contributed by atoms with Crippen LogP contribution in [0.25, 0.3) is 5.69 Å². The van der Waals surface area contributed by atoms with Crippen LogP contribution in [-0.2, 0) is 6.67 Å². The van der Waals surface area contributed by atoms with Crippen molar-refractivity contribution in [2.75, 3.05) is 0 Å². The normalized spacial score (nSPS) is 9.87. The van der Waals surface area contributed by atoms with E-state index in [1.807, 2.05) is 6.07 Å². The van der Waals surface area contributed by atoms with Gasteiger partial charge in [-0.2, -0.15) is 5.26 Å². The second kappa shape index (κ2) is 3.88. The van der Waals surface area contributed by atoms with Crippen molar-refractivity contribution >= 4 is 0 Å². The lowest BCUT2D eigenvalue weighted by molar-refractivity contribution is 0.475. The molecule has 4 nitrogen and oxygen atoms in total. The molecule has 0 radical (unpaired) electrons. The topological polar surface area (TPSA) is 54.5 Å². The largest absolute Gasteiger partial charge is 0.244 e. The fraction of sp³-hybridized carbons (Fsp3) is 0.100. The molecule has 2 rings (SSSR count). The summed E-state index contributed by atoms with van der Waals surface area (Å²) in [6.07, 6.45) is 1.50. The van der Waals surface area contributed by atoms with Gasteiger partial charge in [0.25, 0.3) is 0 Å². The van der Waals surface area contributed by atoms with Crippen molar-refractivity contribution in [3.05, 3.63) is 41.7 Å². The number of benzene rings is 1. The van der Waals surface area contributed by atoms with Crippen LogP contribution in [0, 0.1) is 11.3 Å². The maximum absolute atomic E-state index is 12.2. The van der Waals surface area contributed by atoms with Crippen LogP contribution in [0.2, 0.25) is 0 Å². The predicted octanol–water partition coefficient (Wildman–Crippen LogP) is 1.61. The number of nitriles is 1. The van der Waals surface area contributed by atoms with Gasteiger partial charge < -0.3 is 0 Å². The zero-order valence-electron chi connectivity index (χ0n) is 7.76. The molecule has 1 aromatic heterocycles. The monoisotopic (exact) mass is 202 g/mol. The van der Waals surface area contributed by atoms with Crippen LogP contribution in [0.1, 0.15) is 11.3 Å². The van der Waals surface area contributed by atoms with E-state index in [1.165, 1.54) is 10.9 Å². The average Bonchev–Trinajstić information content (AvgIpc) is 2.78. The first-order valence-electron chi connectivity index (χ1n) is 4.31. The van der Waals surface area contributed by atoms with Crippen LogP contribution in [0.3, 0.4) is 0 Å². The van der Waals surface area contributed by atoms with E-state index in [-0.39, 0.29) is 5.69 Å². The van der Waals surface area contributed by atoms with E-state index >= 15 is 0 Å². The van der Waals surface area contributed by atoms with E-state index < -0.39 is 6.67 Å². The van der Waals surface area contributed by atoms with Gasteiger partial charge in [-0.25, -0.2) is 9.07 Å². The summed E-state index contributed by atoms with van der Waals surface area (Å²) < 4.78 is 13.7. The fourth-order valence-electron chi connectivity index (χ4n) is 1.20. The Balaban J connectivity index is 2.41. The maximum Gasteiger partial charge on any atom is 0.135 e. The van der Waals surface area contributed by atoms with Crippen molar-refractivity contribution in [1.82, 2.24) is 15.0 Å². The highest BCUT2D eigenvalue weighted by Gasteiger charge is 2.02. The lowest BCUT2D eigenvalue weighted by atomic mass is 10.2. The molecule has 0 aliphatic heterocycles. The Bertz CT molecular complexity index is 512. The second-order valence-electron chi connectivity index (χ2n) is 2.95. The van der Waals surface area contributed by atoms with Crippen LogP contribution >= 0.6 is 0 Å². The smallest absolute Gasteiger partial charge is 0.135 e. The Kier molecular flexibility index (Phi) is 2.42. The number of rotatable bonds is 2. The van der Waals surface area contributed by atoms with Gasteiger partial charge in [0.2, 0.25) is 0 Å². The van der Waals surface area contributed by atoms with Crippen LogP contribution in [0.15, 0.2) is 30.5 Å². The van der Waals surface area contributed by atoms with E-state index in [9.17, 15) is 4.39 Å². The summed E-state index contributed by atoms with van der Waals surface area (Å²) in [6, 6.07) is 8.89. The minimum Gasteiger partial charge on any atom is -0.244 e. The molecule has 5 heteroatoms. The quantitative estimate of drug-likeness (QED) is 0.743. The van der Waals surface area contributed by atoms with Gasteiger partial charge in [-0.05, 0) is 18.2 Å². The average molecular weight is 202 g/mol. The summed E-state index contributed by atoms with van der Waals surface area (Å²) in [5.74, 6) is 0. The minimum absolute atomic E-state index is 0.275. The van der Waals surface area contributed by atoms with Gasteiger partial charge >= 0.3 is 0 Å². The molecule has 0 saturated heterocycles. The van der Waals surface area contributed by atoms with Gasteiger partial charge in [0.05, 0.1) is 23.5 Å². The number of nitrogens with zero attached hydrogens (tertiary/aromatic N) is 4. The van der Waals surface area contributed by atoms with Gasteiger partial charge in [0, 0.05) is 0 Å². The standard InChI is InChI=1S/C10H7FN4/c11-5-9-7-15(14-13-9)10-3-1-2-8(4-10)6-12/h1-4,7H,5H2. The van der Waals surface area contributed by atoms with Crippen molar-refractivity contribution in [1.29, 1.82) is 5.26 Å². The molecule has 0 fully saturated rings. The lowest BCUT2D eigenvalue weighted by Crippen LogP contribution is -1.94. The molecule has 0 spiro atoms. The molecule has 0 atom stereocenters.